The summed E-state index contributed by atoms with van der Waals surface area (Å²) >= 11 is 0. The van der Waals surface area contributed by atoms with E-state index in [1.807, 2.05) is 30.3 Å². The van der Waals surface area contributed by atoms with E-state index in [0.29, 0.717) is 6.42 Å². The van der Waals surface area contributed by atoms with E-state index in [9.17, 15) is 9.59 Å². The Hall–Kier alpha value is -2.04. The summed E-state index contributed by atoms with van der Waals surface area (Å²) in [5.41, 5.74) is 0.970. The molecule has 92 valence electrons. The number of amides is 2. The molecule has 0 saturated heterocycles. The van der Waals surface area contributed by atoms with Gasteiger partial charge in [-0.25, -0.2) is 4.79 Å². The second kappa shape index (κ2) is 6.52. The molecule has 1 aromatic carbocycles. The molecule has 0 heterocycles. The monoisotopic (exact) mass is 236 g/mol. The van der Waals surface area contributed by atoms with Crippen LogP contribution in [0.15, 0.2) is 30.3 Å². The number of alkyl carbamates (subject to hydrolysis) is 1. The fraction of sp³-hybridized carbons (Fsp3) is 0.333. The molecule has 5 nitrogen and oxygen atoms in total. The molecule has 0 fully saturated rings. The average molecular weight is 236 g/mol. The van der Waals surface area contributed by atoms with E-state index >= 15 is 0 Å². The molecular weight excluding hydrogens is 220 g/mol. The molecule has 0 aliphatic carbocycles. The highest BCUT2D eigenvalue weighted by atomic mass is 16.5. The Labute approximate surface area is 100 Å². The molecule has 2 amide bonds. The molecule has 5 heteroatoms. The lowest BCUT2D eigenvalue weighted by Gasteiger charge is -2.16. The van der Waals surface area contributed by atoms with Crippen molar-refractivity contribution in [3.05, 3.63) is 35.9 Å². The minimum absolute atomic E-state index is 0.251. The molecule has 0 aliphatic heterocycles. The summed E-state index contributed by atoms with van der Waals surface area (Å²) in [7, 11) is 2.79. The first-order chi connectivity index (χ1) is 8.17. The minimum atomic E-state index is -0.630. The molecule has 0 aromatic heterocycles. The van der Waals surface area contributed by atoms with Gasteiger partial charge in [0.05, 0.1) is 7.11 Å². The molecule has 0 radical (unpaired) electrons. The van der Waals surface area contributed by atoms with Crippen molar-refractivity contribution in [1.29, 1.82) is 0 Å². The van der Waals surface area contributed by atoms with Crippen LogP contribution in [0.25, 0.3) is 0 Å². The molecule has 17 heavy (non-hydrogen) atoms. The van der Waals surface area contributed by atoms with Gasteiger partial charge in [0.1, 0.15) is 6.04 Å². The maximum atomic E-state index is 11.6. The fourth-order valence-corrected chi connectivity index (χ4v) is 1.43. The zero-order valence-electron chi connectivity index (χ0n) is 9.90. The number of likely N-dealkylation sites (N-methyl/N-ethyl adjacent to an activating group) is 1. The van der Waals surface area contributed by atoms with Crippen LogP contribution >= 0.6 is 0 Å². The number of hydrogen-bond donors (Lipinski definition) is 2. The van der Waals surface area contributed by atoms with Crippen molar-refractivity contribution in [2.45, 2.75) is 12.5 Å². The van der Waals surface area contributed by atoms with E-state index in [0.717, 1.165) is 5.56 Å². The van der Waals surface area contributed by atoms with Crippen LogP contribution in [0.2, 0.25) is 0 Å². The minimum Gasteiger partial charge on any atom is -0.453 e. The van der Waals surface area contributed by atoms with Crippen molar-refractivity contribution in [3.63, 3.8) is 0 Å². The van der Waals surface area contributed by atoms with Gasteiger partial charge in [-0.3, -0.25) is 4.79 Å². The first-order valence-corrected chi connectivity index (χ1v) is 5.27. The van der Waals surface area contributed by atoms with Gasteiger partial charge in [-0.1, -0.05) is 30.3 Å². The molecule has 2 N–H and O–H groups in total. The van der Waals surface area contributed by atoms with Crippen LogP contribution in [0.3, 0.4) is 0 Å². The summed E-state index contributed by atoms with van der Waals surface area (Å²) < 4.78 is 4.48. The Morgan fingerprint density at radius 1 is 1.29 bits per heavy atom. The lowest BCUT2D eigenvalue weighted by molar-refractivity contribution is -0.122. The molecule has 1 rings (SSSR count). The zero-order valence-corrected chi connectivity index (χ0v) is 9.90. The lowest BCUT2D eigenvalue weighted by Crippen LogP contribution is -2.47. The van der Waals surface area contributed by atoms with Gasteiger partial charge in [0.2, 0.25) is 5.91 Å². The third kappa shape index (κ3) is 4.14. The Bertz CT molecular complexity index is 379. The van der Waals surface area contributed by atoms with Gasteiger partial charge in [0.15, 0.2) is 0 Å². The largest absolute Gasteiger partial charge is 0.453 e. The molecule has 0 saturated carbocycles. The average Bonchev–Trinajstić information content (AvgIpc) is 2.38. The third-order valence-electron chi connectivity index (χ3n) is 2.32. The van der Waals surface area contributed by atoms with E-state index in [2.05, 4.69) is 15.4 Å². The Kier molecular flexibility index (Phi) is 5.00. The van der Waals surface area contributed by atoms with Crippen LogP contribution in [0, 0.1) is 0 Å². The van der Waals surface area contributed by atoms with Crippen LogP contribution in [0.1, 0.15) is 5.56 Å². The number of carbonyl (C=O) groups is 2. The van der Waals surface area contributed by atoms with E-state index in [-0.39, 0.29) is 5.91 Å². The molecule has 0 bridgehead atoms. The van der Waals surface area contributed by atoms with Crippen molar-refractivity contribution in [2.24, 2.45) is 0 Å². The highest BCUT2D eigenvalue weighted by Gasteiger charge is 2.20. The normalized spacial score (nSPS) is 11.4. The Morgan fingerprint density at radius 2 is 1.94 bits per heavy atom. The Morgan fingerprint density at radius 3 is 2.47 bits per heavy atom. The maximum Gasteiger partial charge on any atom is 0.407 e. The van der Waals surface area contributed by atoms with E-state index in [4.69, 9.17) is 0 Å². The van der Waals surface area contributed by atoms with Crippen molar-refractivity contribution in [3.8, 4) is 0 Å². The van der Waals surface area contributed by atoms with Crippen LogP contribution in [0.5, 0.6) is 0 Å². The number of carbonyl (C=O) groups excluding carboxylic acids is 2. The number of methoxy groups -OCH3 is 1. The van der Waals surface area contributed by atoms with Crippen molar-refractivity contribution < 1.29 is 14.3 Å². The molecular formula is C12H16N2O3. The number of rotatable bonds is 4. The second-order valence-electron chi connectivity index (χ2n) is 3.49. The molecule has 1 atom stereocenters. The number of ether oxygens (including phenoxy) is 1. The predicted octanol–water partition coefficient (Wildman–Crippen LogP) is 0.700. The van der Waals surface area contributed by atoms with Gasteiger partial charge in [-0.15, -0.1) is 0 Å². The van der Waals surface area contributed by atoms with Crippen molar-refractivity contribution in [2.75, 3.05) is 14.2 Å². The summed E-state index contributed by atoms with van der Waals surface area (Å²) in [5.74, 6) is -0.251. The van der Waals surface area contributed by atoms with Crippen molar-refractivity contribution in [1.82, 2.24) is 10.6 Å². The topological polar surface area (TPSA) is 67.4 Å². The first kappa shape index (κ1) is 13.0. The molecule has 0 aliphatic rings. The number of benzene rings is 1. The second-order valence-corrected chi connectivity index (χ2v) is 3.49. The predicted molar refractivity (Wildman–Crippen MR) is 63.5 cm³/mol. The molecule has 1 aromatic rings. The molecule has 0 spiro atoms. The van der Waals surface area contributed by atoms with Crippen molar-refractivity contribution >= 4 is 12.0 Å². The maximum absolute atomic E-state index is 11.6. The lowest BCUT2D eigenvalue weighted by atomic mass is 10.1. The van der Waals surface area contributed by atoms with Gasteiger partial charge in [0.25, 0.3) is 0 Å². The zero-order chi connectivity index (χ0) is 12.7. The number of nitrogens with one attached hydrogen (secondary N) is 2. The summed E-state index contributed by atoms with van der Waals surface area (Å²) in [5, 5.41) is 5.00. The van der Waals surface area contributed by atoms with E-state index in [1.165, 1.54) is 14.2 Å². The standard InChI is InChI=1S/C12H16N2O3/c1-13-11(15)10(14-12(16)17-2)8-9-6-4-3-5-7-9/h3-7,10H,8H2,1-2H3,(H,13,15)(H,14,16)/t10-/m1/s1. The highest BCUT2D eigenvalue weighted by molar-refractivity contribution is 5.85. The highest BCUT2D eigenvalue weighted by Crippen LogP contribution is 2.03. The van der Waals surface area contributed by atoms with Crippen LogP contribution < -0.4 is 10.6 Å². The van der Waals surface area contributed by atoms with Crippen LogP contribution in [-0.2, 0) is 16.0 Å². The quantitative estimate of drug-likeness (QED) is 0.808. The fourth-order valence-electron chi connectivity index (χ4n) is 1.43. The summed E-state index contributed by atoms with van der Waals surface area (Å²) in [6.07, 6.45) is -0.190. The van der Waals surface area contributed by atoms with Crippen LogP contribution in [-0.4, -0.2) is 32.2 Å². The van der Waals surface area contributed by atoms with Gasteiger partial charge >= 0.3 is 6.09 Å². The van der Waals surface area contributed by atoms with Crippen LogP contribution in [0.4, 0.5) is 4.79 Å². The smallest absolute Gasteiger partial charge is 0.407 e. The summed E-state index contributed by atoms with van der Waals surface area (Å²) in [6.45, 7) is 0. The molecule has 0 unspecified atom stereocenters. The van der Waals surface area contributed by atoms with Gasteiger partial charge < -0.3 is 15.4 Å². The number of hydrogen-bond acceptors (Lipinski definition) is 3. The van der Waals surface area contributed by atoms with E-state index < -0.39 is 12.1 Å². The Balaban J connectivity index is 2.70. The van der Waals surface area contributed by atoms with Gasteiger partial charge in [0, 0.05) is 13.5 Å². The third-order valence-corrected chi connectivity index (χ3v) is 2.32. The first-order valence-electron chi connectivity index (χ1n) is 5.27. The van der Waals surface area contributed by atoms with Gasteiger partial charge in [-0.05, 0) is 5.56 Å². The van der Waals surface area contributed by atoms with Gasteiger partial charge in [-0.2, -0.15) is 0 Å². The SMILES string of the molecule is CNC(=O)[C@@H](Cc1ccccc1)NC(=O)OC. The summed E-state index contributed by atoms with van der Waals surface area (Å²) in [4.78, 5) is 22.7. The van der Waals surface area contributed by atoms with E-state index in [1.54, 1.807) is 0 Å². The summed E-state index contributed by atoms with van der Waals surface area (Å²) in [6, 6.07) is 8.83.